The molecule has 0 aliphatic rings. The minimum absolute atomic E-state index is 0.0545. The average Bonchev–Trinajstić information content (AvgIpc) is 2.71. The maximum atomic E-state index is 11.6. The van der Waals surface area contributed by atoms with Gasteiger partial charge in [0.05, 0.1) is 4.92 Å². The number of thiazole rings is 1. The molecule has 1 heterocycles. The van der Waals surface area contributed by atoms with Crippen molar-refractivity contribution in [2.24, 2.45) is 0 Å². The molecule has 2 rings (SSSR count). The highest BCUT2D eigenvalue weighted by Crippen LogP contribution is 2.33. The number of hydrogen-bond donors (Lipinski definition) is 1. The van der Waals surface area contributed by atoms with Gasteiger partial charge in [0.2, 0.25) is 0 Å². The fourth-order valence-electron chi connectivity index (χ4n) is 1.50. The van der Waals surface area contributed by atoms with Crippen molar-refractivity contribution < 1.29 is 13.3 Å². The van der Waals surface area contributed by atoms with E-state index in [4.69, 9.17) is 5.73 Å². The third kappa shape index (κ3) is 2.71. The summed E-state index contributed by atoms with van der Waals surface area (Å²) in [5, 5.41) is 10.7. The number of rotatable bonds is 3. The number of nitrogen functional groups attached to an aromatic ring is 1. The summed E-state index contributed by atoms with van der Waals surface area (Å²) in [7, 11) is -3.45. The number of non-ortho nitro benzene ring substituents is 1. The zero-order valence-electron chi connectivity index (χ0n) is 9.73. The lowest BCUT2D eigenvalue weighted by Crippen LogP contribution is -1.96. The molecule has 0 amide bonds. The van der Waals surface area contributed by atoms with Crippen LogP contribution in [0.1, 0.15) is 0 Å². The summed E-state index contributed by atoms with van der Waals surface area (Å²) in [5.41, 5.74) is 6.14. The van der Waals surface area contributed by atoms with Crippen molar-refractivity contribution in [3.63, 3.8) is 0 Å². The summed E-state index contributed by atoms with van der Waals surface area (Å²) in [4.78, 5) is 14.0. The van der Waals surface area contributed by atoms with E-state index in [1.165, 1.54) is 24.3 Å². The first-order chi connectivity index (χ1) is 8.79. The molecule has 19 heavy (non-hydrogen) atoms. The molecule has 0 radical (unpaired) electrons. The molecule has 0 aliphatic heterocycles. The van der Waals surface area contributed by atoms with Crippen LogP contribution in [0, 0.1) is 10.1 Å². The summed E-state index contributed by atoms with van der Waals surface area (Å²) < 4.78 is 23.3. The van der Waals surface area contributed by atoms with E-state index in [1.807, 2.05) is 0 Å². The molecule has 2 N–H and O–H groups in total. The first-order valence-corrected chi connectivity index (χ1v) is 7.71. The van der Waals surface area contributed by atoms with Crippen molar-refractivity contribution in [2.75, 3.05) is 12.0 Å². The third-order valence-electron chi connectivity index (χ3n) is 2.30. The number of benzene rings is 1. The quantitative estimate of drug-likeness (QED) is 0.681. The fraction of sp³-hybridized carbons (Fsp3) is 0.100. The molecular formula is C10H9N3O4S2. The van der Waals surface area contributed by atoms with Gasteiger partial charge >= 0.3 is 0 Å². The maximum Gasteiger partial charge on any atom is 0.269 e. The second-order valence-electron chi connectivity index (χ2n) is 3.76. The molecule has 0 bridgehead atoms. The fourth-order valence-corrected chi connectivity index (χ4v) is 3.46. The Bertz CT molecular complexity index is 735. The van der Waals surface area contributed by atoms with Crippen LogP contribution < -0.4 is 5.73 Å². The second kappa shape index (κ2) is 4.59. The van der Waals surface area contributed by atoms with E-state index in [9.17, 15) is 18.5 Å². The Morgan fingerprint density at radius 2 is 1.89 bits per heavy atom. The SMILES string of the molecule is CS(=O)(=O)c1sc(N)nc1-c1ccc([N+](=O)[O-])cc1. The predicted octanol–water partition coefficient (Wildman–Crippen LogP) is 1.70. The standard InChI is InChI=1S/C10H9N3O4S2/c1-19(16,17)9-8(12-10(11)18-9)6-2-4-7(5-3-6)13(14)15/h2-5H,1H3,(H2,11,12). The Kier molecular flexibility index (Phi) is 3.25. The van der Waals surface area contributed by atoms with E-state index in [-0.39, 0.29) is 20.7 Å². The first-order valence-electron chi connectivity index (χ1n) is 5.00. The van der Waals surface area contributed by atoms with E-state index in [0.29, 0.717) is 5.56 Å². The van der Waals surface area contributed by atoms with Gasteiger partial charge in [0.25, 0.3) is 5.69 Å². The van der Waals surface area contributed by atoms with Crippen molar-refractivity contribution >= 4 is 32.0 Å². The summed E-state index contributed by atoms with van der Waals surface area (Å²) in [6, 6.07) is 5.47. The number of nitrogens with two attached hydrogens (primary N) is 1. The van der Waals surface area contributed by atoms with Crippen LogP contribution in [0.4, 0.5) is 10.8 Å². The van der Waals surface area contributed by atoms with E-state index >= 15 is 0 Å². The number of nitro benzene ring substituents is 1. The highest BCUT2D eigenvalue weighted by atomic mass is 32.2. The number of hydrogen-bond acceptors (Lipinski definition) is 7. The summed E-state index contributed by atoms with van der Waals surface area (Å²) in [6.07, 6.45) is 1.06. The van der Waals surface area contributed by atoms with Gasteiger partial charge in [0.15, 0.2) is 15.0 Å². The number of nitrogens with zero attached hydrogens (tertiary/aromatic N) is 2. The Labute approximate surface area is 112 Å². The number of nitro groups is 1. The van der Waals surface area contributed by atoms with Gasteiger partial charge in [-0.3, -0.25) is 10.1 Å². The zero-order chi connectivity index (χ0) is 14.2. The van der Waals surface area contributed by atoms with E-state index in [2.05, 4.69) is 4.98 Å². The van der Waals surface area contributed by atoms with Crippen molar-refractivity contribution in [3.05, 3.63) is 34.4 Å². The van der Waals surface area contributed by atoms with E-state index in [0.717, 1.165) is 17.6 Å². The molecule has 9 heteroatoms. The Morgan fingerprint density at radius 1 is 1.32 bits per heavy atom. The molecular weight excluding hydrogens is 290 g/mol. The van der Waals surface area contributed by atoms with Crippen LogP contribution >= 0.6 is 11.3 Å². The number of aromatic nitrogens is 1. The van der Waals surface area contributed by atoms with Gasteiger partial charge in [-0.05, 0) is 12.1 Å². The molecule has 0 aliphatic carbocycles. The molecule has 0 spiro atoms. The number of sulfone groups is 1. The Balaban J connectivity index is 2.56. The van der Waals surface area contributed by atoms with E-state index in [1.54, 1.807) is 0 Å². The van der Waals surface area contributed by atoms with E-state index < -0.39 is 14.8 Å². The van der Waals surface area contributed by atoms with Crippen LogP contribution in [0.25, 0.3) is 11.3 Å². The average molecular weight is 299 g/mol. The van der Waals surface area contributed by atoms with Crippen LogP contribution in [0.5, 0.6) is 0 Å². The maximum absolute atomic E-state index is 11.6. The van der Waals surface area contributed by atoms with Gasteiger partial charge in [0, 0.05) is 24.0 Å². The molecule has 7 nitrogen and oxygen atoms in total. The normalized spacial score (nSPS) is 11.4. The minimum atomic E-state index is -3.45. The van der Waals surface area contributed by atoms with Crippen molar-refractivity contribution in [2.45, 2.75) is 4.21 Å². The molecule has 0 saturated carbocycles. The van der Waals surface area contributed by atoms with Gasteiger partial charge < -0.3 is 5.73 Å². The summed E-state index contributed by atoms with van der Waals surface area (Å²) in [5.74, 6) is 0. The number of anilines is 1. The van der Waals surface area contributed by atoms with Gasteiger partial charge in [-0.15, -0.1) is 0 Å². The van der Waals surface area contributed by atoms with Crippen molar-refractivity contribution in [1.82, 2.24) is 4.98 Å². The summed E-state index contributed by atoms with van der Waals surface area (Å²) >= 11 is 0.871. The largest absolute Gasteiger partial charge is 0.375 e. The van der Waals surface area contributed by atoms with Gasteiger partial charge in [-0.2, -0.15) is 0 Å². The monoisotopic (exact) mass is 299 g/mol. The molecule has 100 valence electrons. The Morgan fingerprint density at radius 3 is 2.37 bits per heavy atom. The summed E-state index contributed by atoms with van der Waals surface area (Å²) in [6.45, 7) is 0. The molecule has 2 aromatic rings. The molecule has 0 unspecified atom stereocenters. The zero-order valence-corrected chi connectivity index (χ0v) is 11.4. The minimum Gasteiger partial charge on any atom is -0.375 e. The van der Waals surface area contributed by atoms with Gasteiger partial charge in [0.1, 0.15) is 9.90 Å². The Hall–Kier alpha value is -2.00. The second-order valence-corrected chi connectivity index (χ2v) is 7.01. The highest BCUT2D eigenvalue weighted by Gasteiger charge is 2.20. The lowest BCUT2D eigenvalue weighted by Gasteiger charge is -2.00. The van der Waals surface area contributed by atoms with Gasteiger partial charge in [-0.1, -0.05) is 11.3 Å². The molecule has 1 aromatic carbocycles. The highest BCUT2D eigenvalue weighted by molar-refractivity contribution is 7.93. The predicted molar refractivity (Wildman–Crippen MR) is 71.7 cm³/mol. The molecule has 0 fully saturated rings. The third-order valence-corrected chi connectivity index (χ3v) is 5.01. The van der Waals surface area contributed by atoms with Crippen LogP contribution in [0.15, 0.2) is 28.5 Å². The van der Waals surface area contributed by atoms with Gasteiger partial charge in [-0.25, -0.2) is 13.4 Å². The smallest absolute Gasteiger partial charge is 0.269 e. The molecule has 1 aromatic heterocycles. The first kappa shape index (κ1) is 13.4. The molecule has 0 saturated heterocycles. The lowest BCUT2D eigenvalue weighted by molar-refractivity contribution is -0.384. The van der Waals surface area contributed by atoms with Crippen molar-refractivity contribution in [3.8, 4) is 11.3 Å². The van der Waals surface area contributed by atoms with Crippen molar-refractivity contribution in [1.29, 1.82) is 0 Å². The topological polar surface area (TPSA) is 116 Å². The van der Waals surface area contributed by atoms with Crippen LogP contribution in [-0.4, -0.2) is 24.6 Å². The van der Waals surface area contributed by atoms with Crippen LogP contribution in [0.2, 0.25) is 0 Å². The van der Waals surface area contributed by atoms with Crippen LogP contribution in [-0.2, 0) is 9.84 Å². The molecule has 0 atom stereocenters. The lowest BCUT2D eigenvalue weighted by atomic mass is 10.1. The van der Waals surface area contributed by atoms with Crippen LogP contribution in [0.3, 0.4) is 0 Å².